The Hall–Kier alpha value is -0.162. The number of hydrogen-bond donors (Lipinski definition) is 1. The molecular formula is C27H60O2SSi4. The van der Waals surface area contributed by atoms with Crippen LogP contribution in [0.15, 0.2) is 55.6 Å². The summed E-state index contributed by atoms with van der Waals surface area (Å²) >= 11 is 1.000. The normalized spacial score (nSPS) is 11.0. The summed E-state index contributed by atoms with van der Waals surface area (Å²) < 4.78 is 18.3. The Labute approximate surface area is 228 Å². The van der Waals surface area contributed by atoms with E-state index >= 15 is 0 Å². The molecule has 0 amide bonds. The molecule has 0 aliphatic heterocycles. The van der Waals surface area contributed by atoms with Gasteiger partial charge in [0.05, 0.1) is 0 Å². The van der Waals surface area contributed by atoms with Crippen molar-refractivity contribution in [3.05, 3.63) is 55.6 Å². The molecule has 0 N–H and O–H groups in total. The van der Waals surface area contributed by atoms with Crippen molar-refractivity contribution in [2.45, 2.75) is 105 Å². The molecule has 0 bridgehead atoms. The monoisotopic (exact) mass is 562 g/mol. The number of rotatable bonds is 10. The van der Waals surface area contributed by atoms with Crippen molar-refractivity contribution < 1.29 is 8.23 Å². The van der Waals surface area contributed by atoms with Gasteiger partial charge in [-0.3, -0.25) is 0 Å². The molecule has 0 aliphatic carbocycles. The van der Waals surface area contributed by atoms with Gasteiger partial charge in [0.1, 0.15) is 1.12 Å². The van der Waals surface area contributed by atoms with Crippen LogP contribution < -0.4 is 5.19 Å². The van der Waals surface area contributed by atoms with Gasteiger partial charge in [-0.05, 0) is 71.5 Å². The van der Waals surface area contributed by atoms with Crippen molar-refractivity contribution in [2.24, 2.45) is 0 Å². The first-order valence-corrected chi connectivity index (χ1v) is 24.1. The lowest BCUT2D eigenvalue weighted by Gasteiger charge is -2.35. The van der Waals surface area contributed by atoms with E-state index in [0.29, 0.717) is 0 Å². The van der Waals surface area contributed by atoms with Crippen LogP contribution >= 0.6 is 12.5 Å². The van der Waals surface area contributed by atoms with E-state index in [1.165, 1.54) is 54.0 Å². The number of thiol groups is 1. The lowest BCUT2D eigenvalue weighted by Crippen LogP contribution is -2.50. The third-order valence-electron chi connectivity index (χ3n) is 3.57. The van der Waals surface area contributed by atoms with Gasteiger partial charge in [0.25, 0.3) is 0 Å². The number of allylic oxidation sites excluding steroid dienone is 2. The summed E-state index contributed by atoms with van der Waals surface area (Å²) in [6, 6.07) is 10.5. The molecule has 1 aromatic carbocycles. The van der Waals surface area contributed by atoms with E-state index < -0.39 is 25.2 Å². The highest BCUT2D eigenvalue weighted by molar-refractivity contribution is 7.79. The molecule has 0 atom stereocenters. The van der Waals surface area contributed by atoms with E-state index in [0.717, 1.165) is 12.5 Å². The second kappa shape index (κ2) is 25.9. The zero-order valence-electron chi connectivity index (χ0n) is 25.9. The molecule has 1 rings (SSSR count). The molecule has 7 heteroatoms. The number of hydrogen-bond acceptors (Lipinski definition) is 3. The second-order valence-corrected chi connectivity index (χ2v) is 24.4. The van der Waals surface area contributed by atoms with Gasteiger partial charge >= 0.3 is 8.56 Å². The molecule has 0 fully saturated rings. The third kappa shape index (κ3) is 45.4. The van der Waals surface area contributed by atoms with Gasteiger partial charge in [-0.25, -0.2) is 0 Å². The Kier molecular flexibility index (Phi) is 29.2. The molecule has 0 aromatic heterocycles. The minimum absolute atomic E-state index is 1.000. The van der Waals surface area contributed by atoms with E-state index in [1.54, 1.807) is 6.26 Å². The Bertz CT molecular complexity index is 545. The maximum absolute atomic E-state index is 6.12. The van der Waals surface area contributed by atoms with Crippen molar-refractivity contribution in [1.82, 2.24) is 0 Å². The molecule has 0 unspecified atom stereocenters. The molecular weight excluding hydrogens is 501 g/mol. The number of benzene rings is 1. The Morgan fingerprint density at radius 3 is 1.29 bits per heavy atom. The van der Waals surface area contributed by atoms with Crippen LogP contribution in [0.5, 0.6) is 0 Å². The first kappa shape index (κ1) is 38.4. The van der Waals surface area contributed by atoms with Crippen LogP contribution in [0.25, 0.3) is 0 Å². The van der Waals surface area contributed by atoms with Gasteiger partial charge in [-0.15, -0.1) is 13.2 Å². The van der Waals surface area contributed by atoms with Crippen molar-refractivity contribution in [1.29, 1.82) is 1.12 Å². The molecule has 0 aliphatic rings. The first-order chi connectivity index (χ1) is 16.1. The Morgan fingerprint density at radius 2 is 1.15 bits per heavy atom. The second-order valence-electron chi connectivity index (χ2n) is 10.3. The van der Waals surface area contributed by atoms with Crippen LogP contribution in [-0.4, -0.2) is 42.8 Å². The zero-order chi connectivity index (χ0) is 28.4. The van der Waals surface area contributed by atoms with Crippen molar-refractivity contribution in [2.75, 3.05) is 6.26 Å². The molecule has 1 aromatic rings. The lowest BCUT2D eigenvalue weighted by atomic mass is 10.3. The molecule has 0 radical (unpaired) electrons. The van der Waals surface area contributed by atoms with Gasteiger partial charge in [-0.2, -0.15) is 12.5 Å². The van der Waals surface area contributed by atoms with Crippen molar-refractivity contribution in [3.63, 3.8) is 0 Å². The van der Waals surface area contributed by atoms with E-state index in [1.807, 2.05) is 18.2 Å². The van der Waals surface area contributed by atoms with Crippen LogP contribution in [0, 0.1) is 0 Å². The average molecular weight is 563 g/mol. The van der Waals surface area contributed by atoms with Crippen LogP contribution in [0.2, 0.25) is 52.4 Å². The van der Waals surface area contributed by atoms with Crippen LogP contribution in [0.4, 0.5) is 0 Å². The molecule has 2 nitrogen and oxygen atoms in total. The van der Waals surface area contributed by atoms with Crippen LogP contribution in [0.1, 0.15) is 52.4 Å². The predicted octanol–water partition coefficient (Wildman–Crippen LogP) is 8.34. The summed E-state index contributed by atoms with van der Waals surface area (Å²) in [6.45, 7) is 29.2. The zero-order valence-corrected chi connectivity index (χ0v) is 30.7. The van der Waals surface area contributed by atoms with E-state index in [9.17, 15) is 0 Å². The standard InChI is InChI=1S/C8H24O2Si3.C6H8Si.2C6H12.CH4S/c1-11(2,3)9-13(7,8)10-12(4,5)6;7-6-4-2-1-3-5-6;2*1-3-5-6-4-2;1-2/h1-8H3;1-5H,7H3;2*3H,1,4-6H2,2H3;2H,1H3/i/hT. The molecule has 34 heavy (non-hydrogen) atoms. The largest absolute Gasteiger partial charge is 0.437 e. The fourth-order valence-electron chi connectivity index (χ4n) is 2.73. The van der Waals surface area contributed by atoms with Gasteiger partial charge < -0.3 is 8.23 Å². The molecule has 0 spiro atoms. The highest BCUT2D eigenvalue weighted by Crippen LogP contribution is 2.19. The summed E-state index contributed by atoms with van der Waals surface area (Å²) in [6.07, 6.45) is 13.1. The van der Waals surface area contributed by atoms with Crippen LogP contribution in [-0.2, 0) is 8.23 Å². The minimum atomic E-state index is -1.85. The van der Waals surface area contributed by atoms with E-state index in [2.05, 4.69) is 104 Å². The highest BCUT2D eigenvalue weighted by Gasteiger charge is 2.35. The minimum Gasteiger partial charge on any atom is -0.437 e. The van der Waals surface area contributed by atoms with Gasteiger partial charge in [0.15, 0.2) is 16.6 Å². The summed E-state index contributed by atoms with van der Waals surface area (Å²) in [5, 5.41) is 1.46. The molecule has 0 saturated heterocycles. The first-order valence-electron chi connectivity index (χ1n) is 13.1. The smallest absolute Gasteiger partial charge is 0.311 e. The Balaban J connectivity index is -0.000000186. The van der Waals surface area contributed by atoms with Crippen molar-refractivity contribution in [3.8, 4) is 0 Å². The lowest BCUT2D eigenvalue weighted by molar-refractivity contribution is 0.395. The number of unbranched alkanes of at least 4 members (excludes halogenated alkanes) is 4. The summed E-state index contributed by atoms with van der Waals surface area (Å²) in [4.78, 5) is 0. The molecule has 0 heterocycles. The maximum atomic E-state index is 6.12. The van der Waals surface area contributed by atoms with Gasteiger partial charge in [-0.1, -0.05) is 87.2 Å². The average Bonchev–Trinajstić information content (AvgIpc) is 2.69. The van der Waals surface area contributed by atoms with Crippen molar-refractivity contribution >= 4 is 53.2 Å². The summed E-state index contributed by atoms with van der Waals surface area (Å²) in [7, 11) is -3.54. The van der Waals surface area contributed by atoms with Crippen LogP contribution in [0.3, 0.4) is 0 Å². The summed E-state index contributed by atoms with van der Waals surface area (Å²) in [5.74, 6) is 0. The van der Waals surface area contributed by atoms with E-state index in [-0.39, 0.29) is 0 Å². The van der Waals surface area contributed by atoms with Gasteiger partial charge in [0.2, 0.25) is 0 Å². The fraction of sp³-hybridized carbons (Fsp3) is 0.630. The highest BCUT2D eigenvalue weighted by atomic mass is 32.1. The quantitative estimate of drug-likeness (QED) is 0.134. The topological polar surface area (TPSA) is 18.5 Å². The third-order valence-corrected chi connectivity index (χ3v) is 13.1. The SMILES string of the molecule is C=CCCCC.C=CCCCC.C[Si](C)(C)O[Si](C)(C)O[Si](C)(C)C.[3H]SC.[SiH3]c1ccccc1. The predicted molar refractivity (Wildman–Crippen MR) is 177 cm³/mol. The summed E-state index contributed by atoms with van der Waals surface area (Å²) in [5.41, 5.74) is 0. The Morgan fingerprint density at radius 1 is 0.824 bits per heavy atom. The fourth-order valence-corrected chi connectivity index (χ4v) is 15.5. The van der Waals surface area contributed by atoms with E-state index in [4.69, 9.17) is 9.35 Å². The maximum Gasteiger partial charge on any atom is 0.311 e. The molecule has 202 valence electrons. The molecule has 0 saturated carbocycles. The van der Waals surface area contributed by atoms with Gasteiger partial charge in [0, 0.05) is 10.2 Å².